The Morgan fingerprint density at radius 1 is 1.21 bits per heavy atom. The lowest BCUT2D eigenvalue weighted by molar-refractivity contribution is -0.384. The number of nitro benzene ring substituents is 1. The number of rotatable bonds is 4. The highest BCUT2D eigenvalue weighted by molar-refractivity contribution is 9.10. The van der Waals surface area contributed by atoms with Gasteiger partial charge < -0.3 is 0 Å². The maximum absolute atomic E-state index is 12.9. The van der Waals surface area contributed by atoms with Gasteiger partial charge in [0.1, 0.15) is 5.69 Å². The highest BCUT2D eigenvalue weighted by Crippen LogP contribution is 2.30. The molecule has 0 amide bonds. The number of aromatic amines is 1. The molecule has 0 fully saturated rings. The molecule has 0 atom stereocenters. The Hall–Kier alpha value is -2.71. The molecule has 0 spiro atoms. The van der Waals surface area contributed by atoms with Crippen LogP contribution in [0, 0.1) is 30.9 Å². The van der Waals surface area contributed by atoms with Crippen LogP contribution in [0.15, 0.2) is 44.6 Å². The number of aryl methyl sites for hydroxylation is 1. The molecular weight excluding hydrogens is 448 g/mol. The molecule has 0 aliphatic carbocycles. The molecule has 0 aliphatic heterocycles. The summed E-state index contributed by atoms with van der Waals surface area (Å²) in [6.07, 6.45) is 1.34. The standard InChI is InChI=1S/C19H16BrClN4O3/c1-10-11(2)17(7-5-15(10)20)24-19(26)14(12(3)23-24)9-22-16-6-4-13(21)8-18(16)25(27)28/h4-9,23H,1-3H3. The number of hydrogen-bond donors (Lipinski definition) is 1. The van der Waals surface area contributed by atoms with E-state index in [1.165, 1.54) is 29.1 Å². The number of nitrogens with zero attached hydrogens (tertiary/aromatic N) is 3. The number of aliphatic imine (C=N–C) groups is 1. The van der Waals surface area contributed by atoms with E-state index < -0.39 is 4.92 Å². The van der Waals surface area contributed by atoms with Gasteiger partial charge in [-0.1, -0.05) is 27.5 Å². The predicted molar refractivity (Wildman–Crippen MR) is 114 cm³/mol. The van der Waals surface area contributed by atoms with E-state index in [-0.39, 0.29) is 22.0 Å². The number of H-pyrrole nitrogens is 1. The van der Waals surface area contributed by atoms with Gasteiger partial charge in [0, 0.05) is 27.5 Å². The Labute approximate surface area is 173 Å². The summed E-state index contributed by atoms with van der Waals surface area (Å²) in [5, 5.41) is 14.5. The van der Waals surface area contributed by atoms with E-state index >= 15 is 0 Å². The van der Waals surface area contributed by atoms with Crippen molar-refractivity contribution < 1.29 is 4.92 Å². The molecule has 3 aromatic rings. The number of halogens is 2. The first-order valence-electron chi connectivity index (χ1n) is 8.26. The fraction of sp³-hybridized carbons (Fsp3) is 0.158. The van der Waals surface area contributed by atoms with Gasteiger partial charge in [0.15, 0.2) is 0 Å². The lowest BCUT2D eigenvalue weighted by Gasteiger charge is -2.10. The van der Waals surface area contributed by atoms with Crippen LogP contribution in [-0.2, 0) is 0 Å². The van der Waals surface area contributed by atoms with Crippen molar-refractivity contribution in [1.82, 2.24) is 9.78 Å². The van der Waals surface area contributed by atoms with E-state index in [1.807, 2.05) is 26.0 Å². The normalized spacial score (nSPS) is 11.3. The summed E-state index contributed by atoms with van der Waals surface area (Å²) in [5.74, 6) is 0. The third-order valence-electron chi connectivity index (χ3n) is 4.52. The molecule has 28 heavy (non-hydrogen) atoms. The lowest BCUT2D eigenvalue weighted by atomic mass is 10.1. The van der Waals surface area contributed by atoms with Crippen LogP contribution in [0.2, 0.25) is 5.02 Å². The largest absolute Gasteiger partial charge is 0.296 e. The summed E-state index contributed by atoms with van der Waals surface area (Å²) in [6, 6.07) is 7.90. The molecule has 1 heterocycles. The Kier molecular flexibility index (Phi) is 5.53. The molecule has 9 heteroatoms. The van der Waals surface area contributed by atoms with E-state index in [9.17, 15) is 14.9 Å². The maximum atomic E-state index is 12.9. The molecule has 1 aromatic heterocycles. The van der Waals surface area contributed by atoms with E-state index in [0.717, 1.165) is 21.3 Å². The number of nitro groups is 1. The summed E-state index contributed by atoms with van der Waals surface area (Å²) < 4.78 is 2.41. The van der Waals surface area contributed by atoms with Gasteiger partial charge in [-0.25, -0.2) is 9.67 Å². The average molecular weight is 464 g/mol. The summed E-state index contributed by atoms with van der Waals surface area (Å²) in [7, 11) is 0. The van der Waals surface area contributed by atoms with Crippen molar-refractivity contribution in [3.8, 4) is 5.69 Å². The van der Waals surface area contributed by atoms with Crippen molar-refractivity contribution in [3.63, 3.8) is 0 Å². The van der Waals surface area contributed by atoms with Crippen LogP contribution in [0.1, 0.15) is 22.4 Å². The fourth-order valence-electron chi connectivity index (χ4n) is 2.78. The Morgan fingerprint density at radius 2 is 1.93 bits per heavy atom. The van der Waals surface area contributed by atoms with Gasteiger partial charge >= 0.3 is 0 Å². The van der Waals surface area contributed by atoms with Gasteiger partial charge in [-0.05, 0) is 56.2 Å². The first-order chi connectivity index (χ1) is 13.2. The molecule has 0 saturated carbocycles. The smallest absolute Gasteiger partial charge is 0.295 e. The molecule has 144 valence electrons. The minimum atomic E-state index is -0.561. The molecule has 7 nitrogen and oxygen atoms in total. The predicted octanol–water partition coefficient (Wildman–Crippen LogP) is 5.17. The van der Waals surface area contributed by atoms with Crippen molar-refractivity contribution in [2.24, 2.45) is 4.99 Å². The molecule has 1 N–H and O–H groups in total. The van der Waals surface area contributed by atoms with Gasteiger partial charge in [0.05, 0.1) is 16.2 Å². The highest BCUT2D eigenvalue weighted by Gasteiger charge is 2.16. The number of benzene rings is 2. The summed E-state index contributed by atoms with van der Waals surface area (Å²) >= 11 is 9.30. The molecule has 0 aliphatic rings. The summed E-state index contributed by atoms with van der Waals surface area (Å²) in [5.41, 5.74) is 3.25. The SMILES string of the molecule is Cc1[nH]n(-c2ccc(Br)c(C)c2C)c(=O)c1C=Nc1ccc(Cl)cc1[N+](=O)[O-]. The minimum absolute atomic E-state index is 0.122. The lowest BCUT2D eigenvalue weighted by Crippen LogP contribution is -2.18. The Balaban J connectivity index is 2.08. The van der Waals surface area contributed by atoms with Gasteiger partial charge in [-0.3, -0.25) is 20.0 Å². The first kappa shape index (κ1) is 20.0. The van der Waals surface area contributed by atoms with E-state index in [1.54, 1.807) is 6.92 Å². The second-order valence-corrected chi connectivity index (χ2v) is 7.55. The van der Waals surface area contributed by atoms with Crippen LogP contribution >= 0.6 is 27.5 Å². The molecule has 0 bridgehead atoms. The van der Waals surface area contributed by atoms with E-state index in [0.29, 0.717) is 11.3 Å². The average Bonchev–Trinajstić information content (AvgIpc) is 2.92. The van der Waals surface area contributed by atoms with Crippen molar-refractivity contribution in [3.05, 3.63) is 82.7 Å². The molecular formula is C19H16BrClN4O3. The monoisotopic (exact) mass is 462 g/mol. The summed E-state index contributed by atoms with van der Waals surface area (Å²) in [4.78, 5) is 27.7. The van der Waals surface area contributed by atoms with Gasteiger partial charge in [0.25, 0.3) is 11.2 Å². The molecule has 0 radical (unpaired) electrons. The minimum Gasteiger partial charge on any atom is -0.295 e. The van der Waals surface area contributed by atoms with Gasteiger partial charge in [-0.15, -0.1) is 0 Å². The number of hydrogen-bond acceptors (Lipinski definition) is 4. The zero-order valence-electron chi connectivity index (χ0n) is 15.3. The first-order valence-corrected chi connectivity index (χ1v) is 9.43. The van der Waals surface area contributed by atoms with Gasteiger partial charge in [0.2, 0.25) is 0 Å². The highest BCUT2D eigenvalue weighted by atomic mass is 79.9. The van der Waals surface area contributed by atoms with Crippen molar-refractivity contribution in [1.29, 1.82) is 0 Å². The number of nitrogens with one attached hydrogen (secondary N) is 1. The second-order valence-electron chi connectivity index (χ2n) is 6.26. The van der Waals surface area contributed by atoms with Crippen LogP contribution in [0.3, 0.4) is 0 Å². The van der Waals surface area contributed by atoms with Crippen LogP contribution < -0.4 is 5.56 Å². The third kappa shape index (κ3) is 3.65. The van der Waals surface area contributed by atoms with E-state index in [4.69, 9.17) is 11.6 Å². The quantitative estimate of drug-likeness (QED) is 0.329. The van der Waals surface area contributed by atoms with Crippen LogP contribution in [0.4, 0.5) is 11.4 Å². The third-order valence-corrected chi connectivity index (χ3v) is 5.61. The Morgan fingerprint density at radius 3 is 2.61 bits per heavy atom. The Bertz CT molecular complexity index is 1180. The van der Waals surface area contributed by atoms with Crippen molar-refractivity contribution >= 4 is 45.1 Å². The molecule has 0 unspecified atom stereocenters. The van der Waals surface area contributed by atoms with Crippen LogP contribution in [0.25, 0.3) is 5.69 Å². The molecule has 2 aromatic carbocycles. The fourth-order valence-corrected chi connectivity index (χ4v) is 3.38. The molecule has 0 saturated heterocycles. The zero-order valence-corrected chi connectivity index (χ0v) is 17.6. The van der Waals surface area contributed by atoms with Crippen LogP contribution in [-0.4, -0.2) is 20.9 Å². The topological polar surface area (TPSA) is 93.3 Å². The van der Waals surface area contributed by atoms with Crippen molar-refractivity contribution in [2.45, 2.75) is 20.8 Å². The summed E-state index contributed by atoms with van der Waals surface area (Å²) in [6.45, 7) is 5.64. The zero-order chi connectivity index (χ0) is 20.6. The second kappa shape index (κ2) is 7.73. The van der Waals surface area contributed by atoms with E-state index in [2.05, 4.69) is 26.0 Å². The van der Waals surface area contributed by atoms with Gasteiger partial charge in [-0.2, -0.15) is 0 Å². The maximum Gasteiger partial charge on any atom is 0.296 e. The van der Waals surface area contributed by atoms with Crippen LogP contribution in [0.5, 0.6) is 0 Å². The number of aromatic nitrogens is 2. The molecule has 3 rings (SSSR count). The van der Waals surface area contributed by atoms with Crippen molar-refractivity contribution in [2.75, 3.05) is 0 Å².